The van der Waals surface area contributed by atoms with Crippen LogP contribution in [0.5, 0.6) is 5.75 Å². The lowest BCUT2D eigenvalue weighted by Gasteiger charge is -2.41. The van der Waals surface area contributed by atoms with E-state index in [4.69, 9.17) is 9.15 Å². The molecule has 224 valence electrons. The van der Waals surface area contributed by atoms with Gasteiger partial charge in [0, 0.05) is 17.5 Å². The standard InChI is InChI=1S/C34H37N3O5S/c1-3-24-21-31(41-30-22-29-26(20-28(24)30)16-19-34(42-29)17-8-5-9-18-34)35-36-33(38)32(25-10-6-4-7-11-25)37-43(39,40)27-14-12-23(2)13-15-27/h4,6-7,10-15,20-22,32,37H,3,5,8-9,16-19H2,1-2H3,(H,36,38)/b35-31-/t32-/m0/s1. The Hall–Kier alpha value is -3.95. The summed E-state index contributed by atoms with van der Waals surface area (Å²) in [5.41, 5.74) is 6.96. The van der Waals surface area contributed by atoms with Crippen molar-refractivity contribution in [1.82, 2.24) is 10.1 Å². The van der Waals surface area contributed by atoms with Crippen molar-refractivity contribution < 1.29 is 22.4 Å². The molecule has 4 aromatic rings. The lowest BCUT2D eigenvalue weighted by atomic mass is 9.79. The summed E-state index contributed by atoms with van der Waals surface area (Å²) in [6.45, 7) is 3.94. The number of hydrogen-bond donors (Lipinski definition) is 2. The van der Waals surface area contributed by atoms with Crippen molar-refractivity contribution in [2.24, 2.45) is 5.10 Å². The minimum Gasteiger partial charge on any atom is -0.487 e. The van der Waals surface area contributed by atoms with Crippen LogP contribution < -0.4 is 20.4 Å². The molecule has 2 aliphatic rings. The molecule has 2 heterocycles. The van der Waals surface area contributed by atoms with Gasteiger partial charge in [-0.25, -0.2) is 13.8 Å². The molecule has 1 aliphatic carbocycles. The molecule has 3 aromatic carbocycles. The number of carbonyl (C=O) groups is 1. The molecule has 1 aromatic heterocycles. The summed E-state index contributed by atoms with van der Waals surface area (Å²) >= 11 is 0. The molecule has 0 radical (unpaired) electrons. The Morgan fingerprint density at radius 2 is 1.72 bits per heavy atom. The van der Waals surface area contributed by atoms with Gasteiger partial charge in [-0.15, -0.1) is 5.10 Å². The Bertz CT molecular complexity index is 1810. The van der Waals surface area contributed by atoms with Gasteiger partial charge in [-0.2, -0.15) is 4.72 Å². The normalized spacial score (nSPS) is 17.3. The largest absolute Gasteiger partial charge is 0.487 e. The Morgan fingerprint density at radius 1 is 0.977 bits per heavy atom. The molecule has 0 unspecified atom stereocenters. The number of nitrogens with one attached hydrogen (secondary N) is 2. The second kappa shape index (κ2) is 12.0. The molecule has 1 aliphatic heterocycles. The number of hydrogen-bond acceptors (Lipinski definition) is 6. The molecule has 1 amide bonds. The number of benzene rings is 3. The molecular formula is C34H37N3O5S. The van der Waals surface area contributed by atoms with Crippen molar-refractivity contribution in [3.05, 3.63) is 101 Å². The summed E-state index contributed by atoms with van der Waals surface area (Å²) in [6, 6.07) is 19.9. The van der Waals surface area contributed by atoms with E-state index < -0.39 is 22.0 Å². The van der Waals surface area contributed by atoms with Crippen molar-refractivity contribution in [1.29, 1.82) is 0 Å². The highest BCUT2D eigenvalue weighted by Gasteiger charge is 2.37. The zero-order valence-electron chi connectivity index (χ0n) is 24.6. The fourth-order valence-electron chi connectivity index (χ4n) is 6.18. The number of aryl methyl sites for hydroxylation is 3. The van der Waals surface area contributed by atoms with E-state index in [1.165, 1.54) is 37.0 Å². The third-order valence-corrected chi connectivity index (χ3v) is 10.1. The SMILES string of the molecule is CCc1c/c(=N/NC(=O)[C@@H](NS(=O)(=O)c2ccc(C)cc2)c2ccccc2)oc2cc3c(cc12)CCC1(CCCCC1)O3. The fraction of sp³-hybridized carbons (Fsp3) is 0.353. The topological polar surface area (TPSA) is 110 Å². The lowest BCUT2D eigenvalue weighted by molar-refractivity contribution is -0.123. The molecule has 9 heteroatoms. The van der Waals surface area contributed by atoms with Crippen LogP contribution in [-0.4, -0.2) is 19.9 Å². The Balaban J connectivity index is 1.30. The zero-order valence-corrected chi connectivity index (χ0v) is 25.4. The van der Waals surface area contributed by atoms with Gasteiger partial charge in [0.25, 0.3) is 5.91 Å². The first-order valence-corrected chi connectivity index (χ1v) is 16.5. The van der Waals surface area contributed by atoms with E-state index in [1.54, 1.807) is 42.5 Å². The van der Waals surface area contributed by atoms with Gasteiger partial charge in [0.2, 0.25) is 15.6 Å². The summed E-state index contributed by atoms with van der Waals surface area (Å²) in [5, 5.41) is 5.28. The van der Waals surface area contributed by atoms with Crippen molar-refractivity contribution in [2.45, 2.75) is 81.8 Å². The molecule has 0 bridgehead atoms. The van der Waals surface area contributed by atoms with E-state index in [9.17, 15) is 13.2 Å². The summed E-state index contributed by atoms with van der Waals surface area (Å²) < 4.78 is 41.8. The van der Waals surface area contributed by atoms with Crippen molar-refractivity contribution in [2.75, 3.05) is 0 Å². The maximum absolute atomic E-state index is 13.5. The Labute approximate surface area is 252 Å². The monoisotopic (exact) mass is 599 g/mol. The van der Waals surface area contributed by atoms with Crippen LogP contribution >= 0.6 is 0 Å². The lowest BCUT2D eigenvalue weighted by Crippen LogP contribution is -2.41. The number of ether oxygens (including phenoxy) is 1. The van der Waals surface area contributed by atoms with Crippen LogP contribution in [0, 0.1) is 6.92 Å². The van der Waals surface area contributed by atoms with Gasteiger partial charge in [0.1, 0.15) is 23.0 Å². The number of sulfonamides is 1. The first-order valence-electron chi connectivity index (χ1n) is 15.0. The molecule has 6 rings (SSSR count). The van der Waals surface area contributed by atoms with Crippen LogP contribution in [0.25, 0.3) is 11.0 Å². The molecule has 1 saturated carbocycles. The van der Waals surface area contributed by atoms with E-state index in [0.717, 1.165) is 54.4 Å². The van der Waals surface area contributed by atoms with Gasteiger partial charge < -0.3 is 9.15 Å². The number of rotatable bonds is 7. The average Bonchev–Trinajstić information content (AvgIpc) is 3.02. The number of carbonyl (C=O) groups excluding carboxylic acids is 1. The van der Waals surface area contributed by atoms with Crippen molar-refractivity contribution in [3.63, 3.8) is 0 Å². The summed E-state index contributed by atoms with van der Waals surface area (Å²) in [5.74, 6) is 0.227. The smallest absolute Gasteiger partial charge is 0.262 e. The summed E-state index contributed by atoms with van der Waals surface area (Å²) in [6.07, 6.45) is 8.59. The molecule has 8 nitrogen and oxygen atoms in total. The van der Waals surface area contributed by atoms with Crippen LogP contribution in [0.15, 0.2) is 87.2 Å². The second-order valence-corrected chi connectivity index (χ2v) is 13.3. The molecule has 1 fully saturated rings. The molecule has 1 spiro atoms. The zero-order chi connectivity index (χ0) is 30.0. The van der Waals surface area contributed by atoms with Crippen LogP contribution in [-0.2, 0) is 27.7 Å². The number of amides is 1. The molecule has 1 atom stereocenters. The Morgan fingerprint density at radius 3 is 2.44 bits per heavy atom. The highest BCUT2D eigenvalue weighted by molar-refractivity contribution is 7.89. The van der Waals surface area contributed by atoms with Gasteiger partial charge in [-0.05, 0) is 86.8 Å². The first kappa shape index (κ1) is 29.1. The van der Waals surface area contributed by atoms with Gasteiger partial charge in [0.15, 0.2) is 0 Å². The predicted octanol–water partition coefficient (Wildman–Crippen LogP) is 5.98. The van der Waals surface area contributed by atoms with Gasteiger partial charge in [-0.3, -0.25) is 4.79 Å². The van der Waals surface area contributed by atoms with Crippen molar-refractivity contribution in [3.8, 4) is 5.75 Å². The summed E-state index contributed by atoms with van der Waals surface area (Å²) in [4.78, 5) is 13.5. The van der Waals surface area contributed by atoms with Crippen LogP contribution in [0.3, 0.4) is 0 Å². The van der Waals surface area contributed by atoms with E-state index in [2.05, 4.69) is 28.2 Å². The number of fused-ring (bicyclic) bond motifs is 2. The third kappa shape index (κ3) is 6.24. The highest BCUT2D eigenvalue weighted by Crippen LogP contribution is 2.43. The minimum absolute atomic E-state index is 0.0708. The summed E-state index contributed by atoms with van der Waals surface area (Å²) in [7, 11) is -4.00. The van der Waals surface area contributed by atoms with Gasteiger partial charge in [0.05, 0.1) is 4.90 Å². The van der Waals surface area contributed by atoms with Crippen LogP contribution in [0.2, 0.25) is 0 Å². The Kier molecular flexibility index (Phi) is 8.11. The fourth-order valence-corrected chi connectivity index (χ4v) is 7.36. The van der Waals surface area contributed by atoms with Crippen molar-refractivity contribution >= 4 is 26.9 Å². The maximum atomic E-state index is 13.5. The third-order valence-electron chi connectivity index (χ3n) is 8.62. The first-order chi connectivity index (χ1) is 20.7. The van der Waals surface area contributed by atoms with E-state index in [0.29, 0.717) is 11.1 Å². The predicted molar refractivity (Wildman–Crippen MR) is 165 cm³/mol. The number of nitrogens with zero attached hydrogens (tertiary/aromatic N) is 1. The minimum atomic E-state index is -4.00. The van der Waals surface area contributed by atoms with E-state index >= 15 is 0 Å². The molecular weight excluding hydrogens is 562 g/mol. The van der Waals surface area contributed by atoms with E-state index in [1.807, 2.05) is 19.1 Å². The molecule has 43 heavy (non-hydrogen) atoms. The maximum Gasteiger partial charge on any atom is 0.262 e. The molecule has 2 N–H and O–H groups in total. The molecule has 0 saturated heterocycles. The van der Waals surface area contributed by atoms with E-state index in [-0.39, 0.29) is 16.1 Å². The quantitative estimate of drug-likeness (QED) is 0.254. The van der Waals surface area contributed by atoms with Crippen LogP contribution in [0.4, 0.5) is 0 Å². The van der Waals surface area contributed by atoms with Crippen LogP contribution in [0.1, 0.15) is 73.7 Å². The highest BCUT2D eigenvalue weighted by atomic mass is 32.2. The second-order valence-electron chi connectivity index (χ2n) is 11.6. The van der Waals surface area contributed by atoms with Gasteiger partial charge >= 0.3 is 0 Å². The van der Waals surface area contributed by atoms with Gasteiger partial charge in [-0.1, -0.05) is 61.4 Å². The average molecular weight is 600 g/mol.